The highest BCUT2D eigenvalue weighted by Crippen LogP contribution is 2.32. The largest absolute Gasteiger partial charge is 0.490 e. The molecule has 2 aromatic rings. The second kappa shape index (κ2) is 8.00. The first-order valence-corrected chi connectivity index (χ1v) is 8.11. The average molecular weight is 306 g/mol. The number of rotatable bonds is 8. The third kappa shape index (κ3) is 4.44. The smallest absolute Gasteiger partial charge is 0.166 e. The van der Waals surface area contributed by atoms with E-state index >= 15 is 0 Å². The lowest BCUT2D eigenvalue weighted by molar-refractivity contribution is 0.265. The zero-order chi connectivity index (χ0) is 15.1. The van der Waals surface area contributed by atoms with Gasteiger partial charge in [0.2, 0.25) is 0 Å². The Morgan fingerprint density at radius 2 is 2.10 bits per heavy atom. The van der Waals surface area contributed by atoms with Crippen LogP contribution in [0.1, 0.15) is 30.1 Å². The first-order valence-electron chi connectivity index (χ1n) is 7.23. The molecule has 0 saturated heterocycles. The predicted molar refractivity (Wildman–Crippen MR) is 86.2 cm³/mol. The van der Waals surface area contributed by atoms with E-state index in [2.05, 4.69) is 23.3 Å². The van der Waals surface area contributed by atoms with E-state index in [-0.39, 0.29) is 0 Å². The first kappa shape index (κ1) is 15.8. The summed E-state index contributed by atoms with van der Waals surface area (Å²) in [5, 5.41) is 6.34. The number of nitrogens with zero attached hydrogens (tertiary/aromatic N) is 1. The molecule has 0 aliphatic carbocycles. The molecule has 0 aliphatic rings. The van der Waals surface area contributed by atoms with E-state index < -0.39 is 0 Å². The van der Waals surface area contributed by atoms with Crippen LogP contribution in [0.2, 0.25) is 0 Å². The van der Waals surface area contributed by atoms with Crippen molar-refractivity contribution in [3.05, 3.63) is 39.8 Å². The molecule has 0 atom stereocenters. The number of aromatic nitrogens is 1. The number of para-hydroxylation sites is 1. The van der Waals surface area contributed by atoms with Crippen molar-refractivity contribution in [1.29, 1.82) is 0 Å². The monoisotopic (exact) mass is 306 g/mol. The van der Waals surface area contributed by atoms with Crippen LogP contribution in [0.3, 0.4) is 0 Å². The fraction of sp³-hybridized carbons (Fsp3) is 0.438. The fourth-order valence-electron chi connectivity index (χ4n) is 2.00. The molecule has 1 aromatic carbocycles. The molecule has 2 rings (SSSR count). The van der Waals surface area contributed by atoms with Gasteiger partial charge in [0.25, 0.3) is 0 Å². The lowest BCUT2D eigenvalue weighted by atomic mass is 10.2. The molecule has 0 aliphatic heterocycles. The molecular weight excluding hydrogens is 284 g/mol. The van der Waals surface area contributed by atoms with E-state index in [0.717, 1.165) is 40.9 Å². The van der Waals surface area contributed by atoms with Crippen molar-refractivity contribution in [2.75, 3.05) is 13.2 Å². The van der Waals surface area contributed by atoms with E-state index in [0.29, 0.717) is 13.2 Å². The van der Waals surface area contributed by atoms with Crippen LogP contribution in [-0.2, 0) is 13.2 Å². The Labute approximate surface area is 130 Å². The third-order valence-electron chi connectivity index (χ3n) is 2.93. The van der Waals surface area contributed by atoms with Gasteiger partial charge in [0.15, 0.2) is 11.5 Å². The molecule has 0 spiro atoms. The number of thiazole rings is 1. The van der Waals surface area contributed by atoms with Crippen LogP contribution in [0.25, 0.3) is 0 Å². The summed E-state index contributed by atoms with van der Waals surface area (Å²) in [7, 11) is 0. The number of aryl methyl sites for hydroxylation is 1. The summed E-state index contributed by atoms with van der Waals surface area (Å²) in [4.78, 5) is 4.43. The molecule has 0 radical (unpaired) electrons. The van der Waals surface area contributed by atoms with E-state index in [1.807, 2.05) is 31.4 Å². The molecule has 0 saturated carbocycles. The number of nitrogens with one attached hydrogen (secondary N) is 1. The minimum absolute atomic E-state index is 0.474. The summed E-state index contributed by atoms with van der Waals surface area (Å²) in [6.07, 6.45) is 0. The molecule has 0 fully saturated rings. The first-order chi connectivity index (χ1) is 10.2. The van der Waals surface area contributed by atoms with Gasteiger partial charge in [-0.1, -0.05) is 19.1 Å². The minimum atomic E-state index is 0.474. The summed E-state index contributed by atoms with van der Waals surface area (Å²) in [6, 6.07) is 6.01. The van der Waals surface area contributed by atoms with Crippen LogP contribution in [-0.4, -0.2) is 18.1 Å². The van der Waals surface area contributed by atoms with Crippen molar-refractivity contribution in [3.63, 3.8) is 0 Å². The van der Waals surface area contributed by atoms with Crippen molar-refractivity contribution >= 4 is 11.3 Å². The number of ether oxygens (including phenoxy) is 2. The van der Waals surface area contributed by atoms with Gasteiger partial charge in [-0.15, -0.1) is 11.3 Å². The van der Waals surface area contributed by atoms with E-state index in [9.17, 15) is 0 Å². The normalized spacial score (nSPS) is 10.6. The summed E-state index contributed by atoms with van der Waals surface area (Å²) in [5.74, 6) is 1.61. The second-order valence-corrected chi connectivity index (χ2v) is 5.57. The van der Waals surface area contributed by atoms with Crippen molar-refractivity contribution in [2.45, 2.75) is 33.9 Å². The summed E-state index contributed by atoms with van der Waals surface area (Å²) >= 11 is 1.62. The van der Waals surface area contributed by atoms with Gasteiger partial charge in [-0.2, -0.15) is 0 Å². The highest BCUT2D eigenvalue weighted by atomic mass is 32.1. The van der Waals surface area contributed by atoms with Gasteiger partial charge >= 0.3 is 0 Å². The molecule has 0 unspecified atom stereocenters. The zero-order valence-electron chi connectivity index (χ0n) is 12.8. The van der Waals surface area contributed by atoms with Crippen molar-refractivity contribution < 1.29 is 9.47 Å². The summed E-state index contributed by atoms with van der Waals surface area (Å²) in [6.45, 7) is 8.84. The van der Waals surface area contributed by atoms with Crippen molar-refractivity contribution in [1.82, 2.24) is 10.3 Å². The Morgan fingerprint density at radius 1 is 1.24 bits per heavy atom. The van der Waals surface area contributed by atoms with Gasteiger partial charge in [0.1, 0.15) is 11.6 Å². The van der Waals surface area contributed by atoms with Crippen LogP contribution < -0.4 is 14.8 Å². The fourth-order valence-corrected chi connectivity index (χ4v) is 2.68. The maximum atomic E-state index is 6.00. The van der Waals surface area contributed by atoms with Gasteiger partial charge in [-0.25, -0.2) is 4.98 Å². The lowest BCUT2D eigenvalue weighted by Crippen LogP contribution is -2.13. The second-order valence-electron chi connectivity index (χ2n) is 4.63. The average Bonchev–Trinajstić information content (AvgIpc) is 2.90. The predicted octanol–water partition coefficient (Wildman–Crippen LogP) is 3.54. The molecule has 0 bridgehead atoms. The molecular formula is C16H22N2O2S. The topological polar surface area (TPSA) is 43.4 Å². The van der Waals surface area contributed by atoms with Crippen molar-refractivity contribution in [2.24, 2.45) is 0 Å². The van der Waals surface area contributed by atoms with Gasteiger partial charge in [-0.3, -0.25) is 0 Å². The Morgan fingerprint density at radius 3 is 2.76 bits per heavy atom. The van der Waals surface area contributed by atoms with E-state index in [1.165, 1.54) is 0 Å². The van der Waals surface area contributed by atoms with Crippen LogP contribution in [0.4, 0.5) is 0 Å². The van der Waals surface area contributed by atoms with Crippen LogP contribution in [0.5, 0.6) is 11.5 Å². The highest BCUT2D eigenvalue weighted by molar-refractivity contribution is 7.09. The number of hydrogen-bond acceptors (Lipinski definition) is 5. The summed E-state index contributed by atoms with van der Waals surface area (Å²) in [5.41, 5.74) is 2.14. The van der Waals surface area contributed by atoms with Crippen LogP contribution in [0, 0.1) is 6.92 Å². The molecule has 114 valence electrons. The third-order valence-corrected chi connectivity index (χ3v) is 3.87. The molecule has 21 heavy (non-hydrogen) atoms. The Kier molecular flexibility index (Phi) is 6.02. The van der Waals surface area contributed by atoms with Gasteiger partial charge in [0, 0.05) is 23.2 Å². The standard InChI is InChI=1S/C16H22N2O2S/c1-4-17-9-13-7-6-8-14(19-5-2)16(13)20-10-15-18-12(3)11-21-15/h6-8,11,17H,4-5,9-10H2,1-3H3. The molecule has 1 heterocycles. The van der Waals surface area contributed by atoms with Gasteiger partial charge in [-0.05, 0) is 26.5 Å². The summed E-state index contributed by atoms with van der Waals surface area (Å²) < 4.78 is 11.7. The Balaban J connectivity index is 2.16. The lowest BCUT2D eigenvalue weighted by Gasteiger charge is -2.15. The van der Waals surface area contributed by atoms with E-state index in [4.69, 9.17) is 9.47 Å². The molecule has 0 amide bonds. The minimum Gasteiger partial charge on any atom is -0.490 e. The maximum absolute atomic E-state index is 6.00. The number of hydrogen-bond donors (Lipinski definition) is 1. The quantitative estimate of drug-likeness (QED) is 0.810. The molecule has 1 aromatic heterocycles. The van der Waals surface area contributed by atoms with Gasteiger partial charge < -0.3 is 14.8 Å². The SMILES string of the molecule is CCNCc1cccc(OCC)c1OCc1nc(C)cs1. The Bertz CT molecular complexity index is 569. The molecule has 1 N–H and O–H groups in total. The van der Waals surface area contributed by atoms with Gasteiger partial charge in [0.05, 0.1) is 6.61 Å². The van der Waals surface area contributed by atoms with Crippen LogP contribution in [0.15, 0.2) is 23.6 Å². The molecule has 5 heteroatoms. The molecule has 4 nitrogen and oxygen atoms in total. The zero-order valence-corrected chi connectivity index (χ0v) is 13.6. The maximum Gasteiger partial charge on any atom is 0.166 e. The number of benzene rings is 1. The van der Waals surface area contributed by atoms with E-state index in [1.54, 1.807) is 11.3 Å². The van der Waals surface area contributed by atoms with Crippen molar-refractivity contribution in [3.8, 4) is 11.5 Å². The van der Waals surface area contributed by atoms with Crippen LogP contribution >= 0.6 is 11.3 Å². The Hall–Kier alpha value is -1.59. The highest BCUT2D eigenvalue weighted by Gasteiger charge is 2.12.